The van der Waals surface area contributed by atoms with Crippen molar-refractivity contribution in [3.05, 3.63) is 52.7 Å². The molecular formula is C20H24FN3O3. The van der Waals surface area contributed by atoms with Crippen LogP contribution < -0.4 is 5.32 Å². The molecule has 2 aromatic rings. The van der Waals surface area contributed by atoms with E-state index in [1.807, 2.05) is 13.8 Å². The van der Waals surface area contributed by atoms with Gasteiger partial charge in [-0.2, -0.15) is 0 Å². The van der Waals surface area contributed by atoms with E-state index in [2.05, 4.69) is 10.5 Å². The van der Waals surface area contributed by atoms with Crippen molar-refractivity contribution in [2.75, 3.05) is 13.1 Å². The lowest BCUT2D eigenvalue weighted by Crippen LogP contribution is -2.37. The van der Waals surface area contributed by atoms with Crippen molar-refractivity contribution < 1.29 is 18.5 Å². The van der Waals surface area contributed by atoms with Gasteiger partial charge in [-0.15, -0.1) is 0 Å². The van der Waals surface area contributed by atoms with Crippen LogP contribution in [0, 0.1) is 19.7 Å². The third-order valence-corrected chi connectivity index (χ3v) is 4.95. The van der Waals surface area contributed by atoms with Crippen molar-refractivity contribution in [2.24, 2.45) is 0 Å². The van der Waals surface area contributed by atoms with Gasteiger partial charge in [0.05, 0.1) is 11.7 Å². The molecule has 1 aromatic heterocycles. The molecule has 0 bridgehead atoms. The minimum Gasteiger partial charge on any atom is -0.361 e. The molecule has 2 heterocycles. The first kappa shape index (κ1) is 19.1. The van der Waals surface area contributed by atoms with Crippen molar-refractivity contribution in [3.63, 3.8) is 0 Å². The van der Waals surface area contributed by atoms with Gasteiger partial charge in [0.25, 0.3) is 0 Å². The first-order valence-corrected chi connectivity index (χ1v) is 9.15. The molecule has 1 fully saturated rings. The van der Waals surface area contributed by atoms with E-state index in [-0.39, 0.29) is 23.7 Å². The van der Waals surface area contributed by atoms with Gasteiger partial charge in [-0.25, -0.2) is 4.39 Å². The van der Waals surface area contributed by atoms with E-state index < -0.39 is 0 Å². The molecule has 1 atom stereocenters. The topological polar surface area (TPSA) is 75.4 Å². The van der Waals surface area contributed by atoms with E-state index in [0.29, 0.717) is 38.8 Å². The van der Waals surface area contributed by atoms with Gasteiger partial charge >= 0.3 is 0 Å². The molecular weight excluding hydrogens is 349 g/mol. The lowest BCUT2D eigenvalue weighted by atomic mass is 10.1. The lowest BCUT2D eigenvalue weighted by Gasteiger charge is -2.17. The molecule has 0 aliphatic carbocycles. The van der Waals surface area contributed by atoms with Crippen molar-refractivity contribution in [1.29, 1.82) is 0 Å². The highest BCUT2D eigenvalue weighted by Gasteiger charge is 2.30. The minimum absolute atomic E-state index is 0.0353. The van der Waals surface area contributed by atoms with Gasteiger partial charge < -0.3 is 14.7 Å². The average Bonchev–Trinajstić information content (AvgIpc) is 3.14. The molecule has 3 rings (SSSR count). The van der Waals surface area contributed by atoms with Gasteiger partial charge in [-0.1, -0.05) is 17.3 Å². The van der Waals surface area contributed by atoms with Crippen molar-refractivity contribution >= 4 is 11.8 Å². The largest absolute Gasteiger partial charge is 0.361 e. The zero-order valence-corrected chi connectivity index (χ0v) is 15.6. The Hall–Kier alpha value is -2.70. The molecule has 2 amide bonds. The predicted molar refractivity (Wildman–Crippen MR) is 97.5 cm³/mol. The van der Waals surface area contributed by atoms with E-state index in [1.165, 1.54) is 12.1 Å². The van der Waals surface area contributed by atoms with Crippen molar-refractivity contribution in [2.45, 2.75) is 45.6 Å². The summed E-state index contributed by atoms with van der Waals surface area (Å²) in [5, 5.41) is 6.83. The Kier molecular flexibility index (Phi) is 5.88. The average molecular weight is 373 g/mol. The number of carbonyl (C=O) groups is 2. The Morgan fingerprint density at radius 2 is 2.04 bits per heavy atom. The second kappa shape index (κ2) is 8.33. The van der Waals surface area contributed by atoms with Gasteiger partial charge in [-0.3, -0.25) is 9.59 Å². The van der Waals surface area contributed by atoms with Gasteiger partial charge in [-0.05, 0) is 44.4 Å². The zero-order valence-electron chi connectivity index (χ0n) is 15.6. The van der Waals surface area contributed by atoms with Crippen LogP contribution in [0.15, 0.2) is 28.8 Å². The van der Waals surface area contributed by atoms with Crippen LogP contribution in [-0.4, -0.2) is 41.0 Å². The standard InChI is InChI=1S/C20H24FN3O3/c1-13-18(14(2)27-23-13)7-8-19(25)22-17-11-20(26)24(12-17)10-9-15-3-5-16(21)6-4-15/h3-6,17H,7-12H2,1-2H3,(H,22,25). The Balaban J connectivity index is 1.44. The summed E-state index contributed by atoms with van der Waals surface area (Å²) in [5.74, 6) is 0.431. The number of aromatic nitrogens is 1. The fourth-order valence-electron chi connectivity index (χ4n) is 3.40. The van der Waals surface area contributed by atoms with Gasteiger partial charge in [0, 0.05) is 31.5 Å². The monoisotopic (exact) mass is 373 g/mol. The highest BCUT2D eigenvalue weighted by Crippen LogP contribution is 2.16. The number of amides is 2. The molecule has 27 heavy (non-hydrogen) atoms. The quantitative estimate of drug-likeness (QED) is 0.808. The van der Waals surface area contributed by atoms with E-state index in [4.69, 9.17) is 4.52 Å². The molecule has 0 radical (unpaired) electrons. The Morgan fingerprint density at radius 1 is 1.30 bits per heavy atom. The maximum absolute atomic E-state index is 12.9. The summed E-state index contributed by atoms with van der Waals surface area (Å²) in [6.07, 6.45) is 1.89. The third-order valence-electron chi connectivity index (χ3n) is 4.95. The fraction of sp³-hybridized carbons (Fsp3) is 0.450. The first-order valence-electron chi connectivity index (χ1n) is 9.15. The van der Waals surface area contributed by atoms with Crippen LogP contribution in [0.5, 0.6) is 0 Å². The molecule has 0 spiro atoms. The summed E-state index contributed by atoms with van der Waals surface area (Å²) in [6.45, 7) is 4.77. The number of carbonyl (C=O) groups excluding carboxylic acids is 2. The van der Waals surface area contributed by atoms with E-state index in [1.54, 1.807) is 17.0 Å². The molecule has 1 N–H and O–H groups in total. The molecule has 1 saturated heterocycles. The summed E-state index contributed by atoms with van der Waals surface area (Å²) in [7, 11) is 0. The number of likely N-dealkylation sites (tertiary alicyclic amines) is 1. The lowest BCUT2D eigenvalue weighted by molar-refractivity contribution is -0.127. The van der Waals surface area contributed by atoms with Crippen molar-refractivity contribution in [1.82, 2.24) is 15.4 Å². The Morgan fingerprint density at radius 3 is 2.70 bits per heavy atom. The number of nitrogens with zero attached hydrogens (tertiary/aromatic N) is 2. The zero-order chi connectivity index (χ0) is 19.4. The Bertz CT molecular complexity index is 797. The first-order chi connectivity index (χ1) is 12.9. The van der Waals surface area contributed by atoms with Crippen molar-refractivity contribution in [3.8, 4) is 0 Å². The van der Waals surface area contributed by atoms with Gasteiger partial charge in [0.15, 0.2) is 0 Å². The third kappa shape index (κ3) is 4.93. The van der Waals surface area contributed by atoms with Crippen LogP contribution in [0.2, 0.25) is 0 Å². The summed E-state index contributed by atoms with van der Waals surface area (Å²) >= 11 is 0. The van der Waals surface area contributed by atoms with Crippen LogP contribution in [-0.2, 0) is 22.4 Å². The van der Waals surface area contributed by atoms with Gasteiger partial charge in [0.1, 0.15) is 11.6 Å². The Labute approximate surface area is 157 Å². The number of hydrogen-bond donors (Lipinski definition) is 1. The molecule has 7 heteroatoms. The fourth-order valence-corrected chi connectivity index (χ4v) is 3.40. The normalized spacial score (nSPS) is 16.8. The molecule has 1 aliphatic rings. The summed E-state index contributed by atoms with van der Waals surface area (Å²) in [6, 6.07) is 6.13. The molecule has 1 unspecified atom stereocenters. The van der Waals surface area contributed by atoms with E-state index >= 15 is 0 Å². The molecule has 0 saturated carbocycles. The summed E-state index contributed by atoms with van der Waals surface area (Å²) < 4.78 is 18.1. The molecule has 1 aliphatic heterocycles. The van der Waals surface area contributed by atoms with Crippen LogP contribution in [0.1, 0.15) is 35.4 Å². The number of benzene rings is 1. The minimum atomic E-state index is -0.268. The maximum Gasteiger partial charge on any atom is 0.224 e. The number of rotatable bonds is 7. The maximum atomic E-state index is 12.9. The van der Waals surface area contributed by atoms with Crippen LogP contribution in [0.3, 0.4) is 0 Å². The summed E-state index contributed by atoms with van der Waals surface area (Å²) in [4.78, 5) is 26.1. The molecule has 6 nitrogen and oxygen atoms in total. The smallest absolute Gasteiger partial charge is 0.224 e. The highest BCUT2D eigenvalue weighted by atomic mass is 19.1. The number of hydrogen-bond acceptors (Lipinski definition) is 4. The number of halogens is 1. The van der Waals surface area contributed by atoms with E-state index in [0.717, 1.165) is 22.6 Å². The van der Waals surface area contributed by atoms with Crippen LogP contribution in [0.4, 0.5) is 4.39 Å². The molecule has 144 valence electrons. The van der Waals surface area contributed by atoms with Crippen LogP contribution >= 0.6 is 0 Å². The molecule has 1 aromatic carbocycles. The van der Waals surface area contributed by atoms with Gasteiger partial charge in [0.2, 0.25) is 11.8 Å². The SMILES string of the molecule is Cc1noc(C)c1CCC(=O)NC1CC(=O)N(CCc2ccc(F)cc2)C1. The van der Waals surface area contributed by atoms with E-state index in [9.17, 15) is 14.0 Å². The number of aryl methyl sites for hydroxylation is 2. The second-order valence-electron chi connectivity index (χ2n) is 6.99. The second-order valence-corrected chi connectivity index (χ2v) is 6.99. The predicted octanol–water partition coefficient (Wildman–Crippen LogP) is 2.32. The highest BCUT2D eigenvalue weighted by molar-refractivity contribution is 5.82. The number of nitrogens with one attached hydrogen (secondary N) is 1. The summed E-state index contributed by atoms with van der Waals surface area (Å²) in [5.41, 5.74) is 2.76. The van der Waals surface area contributed by atoms with Crippen LogP contribution in [0.25, 0.3) is 0 Å².